The number of rotatable bonds is 7. The van der Waals surface area contributed by atoms with Gasteiger partial charge in [-0.3, -0.25) is 0 Å². The Morgan fingerprint density at radius 2 is 1.70 bits per heavy atom. The SMILES string of the molecule is NC(=O)N(C(=O)OCc1ccccc1)[C@@H](CO)Cc1ccccc1N1CCCCC1. The van der Waals surface area contributed by atoms with Crippen LogP contribution in [-0.4, -0.2) is 47.9 Å². The first kappa shape index (κ1) is 21.6. The molecule has 1 fully saturated rings. The van der Waals surface area contributed by atoms with Crippen molar-refractivity contribution in [1.29, 1.82) is 0 Å². The number of primary amides is 1. The number of urea groups is 1. The highest BCUT2D eigenvalue weighted by Crippen LogP contribution is 2.26. The molecule has 3 amide bonds. The van der Waals surface area contributed by atoms with Gasteiger partial charge in [0.15, 0.2) is 0 Å². The Labute approximate surface area is 177 Å². The summed E-state index contributed by atoms with van der Waals surface area (Å²) in [5, 5.41) is 9.97. The Bertz CT molecular complexity index is 837. The summed E-state index contributed by atoms with van der Waals surface area (Å²) in [4.78, 5) is 27.8. The quantitative estimate of drug-likeness (QED) is 0.729. The summed E-state index contributed by atoms with van der Waals surface area (Å²) >= 11 is 0. The van der Waals surface area contributed by atoms with E-state index >= 15 is 0 Å². The fourth-order valence-electron chi connectivity index (χ4n) is 3.83. The van der Waals surface area contributed by atoms with E-state index in [0.717, 1.165) is 47.6 Å². The standard InChI is InChI=1S/C23H29N3O4/c24-22(28)26(23(29)30-17-18-9-3-1-4-10-18)20(16-27)15-19-11-5-6-12-21(19)25-13-7-2-8-14-25/h1,3-6,9-12,20,27H,2,7-8,13-17H2,(H2,24,28)/t20-/m1/s1. The van der Waals surface area contributed by atoms with Crippen LogP contribution >= 0.6 is 0 Å². The molecular formula is C23H29N3O4. The van der Waals surface area contributed by atoms with Gasteiger partial charge in [0, 0.05) is 18.8 Å². The number of benzene rings is 2. The molecule has 1 atom stereocenters. The number of carbonyl (C=O) groups excluding carboxylic acids is 2. The molecule has 2 aromatic carbocycles. The molecular weight excluding hydrogens is 382 g/mol. The second-order valence-corrected chi connectivity index (χ2v) is 7.47. The van der Waals surface area contributed by atoms with Gasteiger partial charge < -0.3 is 20.5 Å². The second-order valence-electron chi connectivity index (χ2n) is 7.47. The fraction of sp³-hybridized carbons (Fsp3) is 0.391. The maximum absolute atomic E-state index is 12.6. The van der Waals surface area contributed by atoms with Crippen molar-refractivity contribution in [3.63, 3.8) is 0 Å². The first-order valence-corrected chi connectivity index (χ1v) is 10.3. The normalized spacial score (nSPS) is 14.8. The van der Waals surface area contributed by atoms with Crippen LogP contribution < -0.4 is 10.6 Å². The Hall–Kier alpha value is -3.06. The Morgan fingerprint density at radius 3 is 2.37 bits per heavy atom. The molecule has 3 N–H and O–H groups in total. The zero-order chi connectivity index (χ0) is 21.3. The number of nitrogens with zero attached hydrogens (tertiary/aromatic N) is 2. The lowest BCUT2D eigenvalue weighted by molar-refractivity contribution is 0.0797. The molecule has 0 spiro atoms. The molecule has 7 heteroatoms. The first-order valence-electron chi connectivity index (χ1n) is 10.3. The average molecular weight is 412 g/mol. The molecule has 7 nitrogen and oxygen atoms in total. The Kier molecular flexibility index (Phi) is 7.68. The van der Waals surface area contributed by atoms with Crippen LogP contribution in [0.1, 0.15) is 30.4 Å². The molecule has 0 radical (unpaired) electrons. The van der Waals surface area contributed by atoms with Gasteiger partial charge in [0.1, 0.15) is 6.61 Å². The molecule has 0 aromatic heterocycles. The van der Waals surface area contributed by atoms with Crippen molar-refractivity contribution in [2.75, 3.05) is 24.6 Å². The molecule has 30 heavy (non-hydrogen) atoms. The van der Waals surface area contributed by atoms with Gasteiger partial charge in [0.2, 0.25) is 0 Å². The zero-order valence-corrected chi connectivity index (χ0v) is 17.1. The third kappa shape index (κ3) is 5.51. The highest BCUT2D eigenvalue weighted by Gasteiger charge is 2.30. The molecule has 1 aliphatic heterocycles. The Morgan fingerprint density at radius 1 is 1.03 bits per heavy atom. The van der Waals surface area contributed by atoms with E-state index in [9.17, 15) is 14.7 Å². The number of nitrogens with two attached hydrogens (primary N) is 1. The Balaban J connectivity index is 1.74. The van der Waals surface area contributed by atoms with E-state index in [4.69, 9.17) is 10.5 Å². The highest BCUT2D eigenvalue weighted by atomic mass is 16.6. The van der Waals surface area contributed by atoms with Gasteiger partial charge in [-0.25, -0.2) is 14.5 Å². The van der Waals surface area contributed by atoms with Gasteiger partial charge >= 0.3 is 12.1 Å². The smallest absolute Gasteiger partial charge is 0.418 e. The lowest BCUT2D eigenvalue weighted by Crippen LogP contribution is -2.50. The maximum atomic E-state index is 12.6. The third-order valence-corrected chi connectivity index (χ3v) is 5.36. The van der Waals surface area contributed by atoms with Gasteiger partial charge in [-0.2, -0.15) is 0 Å². The van der Waals surface area contributed by atoms with Crippen molar-refractivity contribution < 1.29 is 19.4 Å². The first-order chi connectivity index (χ1) is 14.6. The van der Waals surface area contributed by atoms with E-state index < -0.39 is 24.8 Å². The molecule has 1 saturated heterocycles. The van der Waals surface area contributed by atoms with Crippen LogP contribution in [0.2, 0.25) is 0 Å². The van der Waals surface area contributed by atoms with E-state index in [1.54, 1.807) is 0 Å². The predicted molar refractivity (Wildman–Crippen MR) is 115 cm³/mol. The van der Waals surface area contributed by atoms with Crippen LogP contribution in [0, 0.1) is 0 Å². The monoisotopic (exact) mass is 411 g/mol. The molecule has 0 saturated carbocycles. The van der Waals surface area contributed by atoms with Crippen LogP contribution in [0.25, 0.3) is 0 Å². The van der Waals surface area contributed by atoms with Crippen LogP contribution in [0.5, 0.6) is 0 Å². The topological polar surface area (TPSA) is 96.1 Å². The van der Waals surface area contributed by atoms with Crippen LogP contribution in [-0.2, 0) is 17.8 Å². The second kappa shape index (κ2) is 10.6. The number of ether oxygens (including phenoxy) is 1. The zero-order valence-electron chi connectivity index (χ0n) is 17.1. The van der Waals surface area contributed by atoms with Crippen molar-refractivity contribution >= 4 is 17.8 Å². The lowest BCUT2D eigenvalue weighted by atomic mass is 10.0. The lowest BCUT2D eigenvalue weighted by Gasteiger charge is -2.32. The van der Waals surface area contributed by atoms with Gasteiger partial charge in [0.25, 0.3) is 0 Å². The number of imide groups is 1. The molecule has 1 heterocycles. The molecule has 3 rings (SSSR count). The van der Waals surface area contributed by atoms with Crippen LogP contribution in [0.4, 0.5) is 15.3 Å². The van der Waals surface area contributed by atoms with Crippen molar-refractivity contribution in [2.24, 2.45) is 5.73 Å². The number of carbonyl (C=O) groups is 2. The van der Waals surface area contributed by atoms with Crippen LogP contribution in [0.3, 0.4) is 0 Å². The minimum atomic E-state index is -0.942. The van der Waals surface area contributed by atoms with Gasteiger partial charge in [-0.05, 0) is 42.9 Å². The number of anilines is 1. The van der Waals surface area contributed by atoms with Crippen molar-refractivity contribution in [2.45, 2.75) is 38.3 Å². The average Bonchev–Trinajstić information content (AvgIpc) is 2.78. The summed E-state index contributed by atoms with van der Waals surface area (Å²) in [6.45, 7) is 1.56. The molecule has 0 aliphatic carbocycles. The summed E-state index contributed by atoms with van der Waals surface area (Å²) in [5.74, 6) is 0. The molecule has 160 valence electrons. The molecule has 0 unspecified atom stereocenters. The summed E-state index contributed by atoms with van der Waals surface area (Å²) in [5.41, 5.74) is 8.31. The number of aliphatic hydroxyl groups excluding tert-OH is 1. The van der Waals surface area contributed by atoms with E-state index in [-0.39, 0.29) is 6.61 Å². The van der Waals surface area contributed by atoms with Crippen molar-refractivity contribution in [1.82, 2.24) is 4.90 Å². The van der Waals surface area contributed by atoms with E-state index in [2.05, 4.69) is 4.90 Å². The summed E-state index contributed by atoms with van der Waals surface area (Å²) < 4.78 is 5.28. The van der Waals surface area contributed by atoms with Gasteiger partial charge in [-0.15, -0.1) is 0 Å². The number of aliphatic hydroxyl groups is 1. The molecule has 1 aliphatic rings. The highest BCUT2D eigenvalue weighted by molar-refractivity contribution is 5.90. The van der Waals surface area contributed by atoms with E-state index in [1.165, 1.54) is 6.42 Å². The van der Waals surface area contributed by atoms with E-state index in [0.29, 0.717) is 6.42 Å². The number of amides is 3. The van der Waals surface area contributed by atoms with Crippen molar-refractivity contribution in [3.8, 4) is 0 Å². The largest absolute Gasteiger partial charge is 0.444 e. The minimum absolute atomic E-state index is 0.0198. The van der Waals surface area contributed by atoms with Gasteiger partial charge in [-0.1, -0.05) is 48.5 Å². The third-order valence-electron chi connectivity index (χ3n) is 5.36. The number of hydrogen-bond acceptors (Lipinski definition) is 5. The fourth-order valence-corrected chi connectivity index (χ4v) is 3.83. The predicted octanol–water partition coefficient (Wildman–Crippen LogP) is 3.30. The minimum Gasteiger partial charge on any atom is -0.444 e. The number of para-hydroxylation sites is 1. The van der Waals surface area contributed by atoms with Crippen LogP contribution in [0.15, 0.2) is 54.6 Å². The number of piperidine rings is 1. The summed E-state index contributed by atoms with van der Waals surface area (Å²) in [6, 6.07) is 15.3. The maximum Gasteiger partial charge on any atom is 0.418 e. The van der Waals surface area contributed by atoms with Crippen molar-refractivity contribution in [3.05, 3.63) is 65.7 Å². The molecule has 0 bridgehead atoms. The number of hydrogen-bond donors (Lipinski definition) is 2. The van der Waals surface area contributed by atoms with E-state index in [1.807, 2.05) is 54.6 Å². The summed E-state index contributed by atoms with van der Waals surface area (Å²) in [6.07, 6.45) is 2.93. The molecule has 2 aromatic rings. The summed E-state index contributed by atoms with van der Waals surface area (Å²) in [7, 11) is 0. The van der Waals surface area contributed by atoms with Gasteiger partial charge in [0.05, 0.1) is 12.6 Å².